The van der Waals surface area contributed by atoms with Crippen LogP contribution < -0.4 is 9.64 Å². The summed E-state index contributed by atoms with van der Waals surface area (Å²) in [6.07, 6.45) is 1.50. The average Bonchev–Trinajstić information content (AvgIpc) is 2.17. The fourth-order valence-electron chi connectivity index (χ4n) is 1.24. The van der Waals surface area contributed by atoms with Crippen LogP contribution in [0.2, 0.25) is 0 Å². The first-order valence-electron chi connectivity index (χ1n) is 4.93. The summed E-state index contributed by atoms with van der Waals surface area (Å²) in [6, 6.07) is 1.81. The predicted molar refractivity (Wildman–Crippen MR) is 61.8 cm³/mol. The van der Waals surface area contributed by atoms with Crippen molar-refractivity contribution in [1.29, 1.82) is 0 Å². The van der Waals surface area contributed by atoms with Gasteiger partial charge in [0.15, 0.2) is 0 Å². The smallest absolute Gasteiger partial charge is 0.218 e. The fourth-order valence-corrected chi connectivity index (χ4v) is 1.44. The largest absolute Gasteiger partial charge is 0.478 e. The van der Waals surface area contributed by atoms with E-state index in [0.29, 0.717) is 12.5 Å². The second-order valence-corrected chi connectivity index (χ2v) is 4.05. The molecule has 1 rings (SSSR count). The molecule has 0 N–H and O–H groups in total. The van der Waals surface area contributed by atoms with E-state index in [-0.39, 0.29) is 5.38 Å². The summed E-state index contributed by atoms with van der Waals surface area (Å²) in [6.45, 7) is 5.21. The average molecular weight is 230 g/mol. The fraction of sp³-hybridized carbons (Fsp3) is 0.600. The van der Waals surface area contributed by atoms with E-state index in [1.54, 1.807) is 0 Å². The molecule has 0 bridgehead atoms. The number of halogens is 1. The molecule has 0 aliphatic heterocycles. The lowest BCUT2D eigenvalue weighted by Gasteiger charge is -2.19. The molecule has 1 unspecified atom stereocenters. The Hall–Kier alpha value is -1.03. The van der Waals surface area contributed by atoms with E-state index in [1.165, 1.54) is 6.33 Å². The Morgan fingerprint density at radius 3 is 2.87 bits per heavy atom. The Morgan fingerprint density at radius 1 is 1.53 bits per heavy atom. The summed E-state index contributed by atoms with van der Waals surface area (Å²) in [7, 11) is 1.94. The van der Waals surface area contributed by atoms with Gasteiger partial charge in [-0.1, -0.05) is 0 Å². The van der Waals surface area contributed by atoms with Gasteiger partial charge < -0.3 is 9.64 Å². The minimum atomic E-state index is 0.0838. The van der Waals surface area contributed by atoms with E-state index >= 15 is 0 Å². The van der Waals surface area contributed by atoms with Crippen LogP contribution in [0.3, 0.4) is 0 Å². The molecule has 0 fully saturated rings. The zero-order valence-corrected chi connectivity index (χ0v) is 10.0. The first-order chi connectivity index (χ1) is 7.13. The van der Waals surface area contributed by atoms with Gasteiger partial charge in [-0.3, -0.25) is 0 Å². The van der Waals surface area contributed by atoms with E-state index in [2.05, 4.69) is 9.97 Å². The molecule has 0 aliphatic carbocycles. The zero-order valence-electron chi connectivity index (χ0n) is 9.27. The molecule has 1 aromatic heterocycles. The summed E-state index contributed by atoms with van der Waals surface area (Å²) < 4.78 is 5.29. The molecule has 0 saturated carbocycles. The van der Waals surface area contributed by atoms with Crippen molar-refractivity contribution in [1.82, 2.24) is 9.97 Å². The predicted octanol–water partition coefficient (Wildman–Crippen LogP) is 1.94. The minimum absolute atomic E-state index is 0.0838. The van der Waals surface area contributed by atoms with Gasteiger partial charge in [0.1, 0.15) is 12.1 Å². The van der Waals surface area contributed by atoms with E-state index in [9.17, 15) is 0 Å². The molecule has 0 spiro atoms. The topological polar surface area (TPSA) is 38.2 Å². The third-order valence-electron chi connectivity index (χ3n) is 1.84. The van der Waals surface area contributed by atoms with E-state index in [0.717, 1.165) is 12.4 Å². The Labute approximate surface area is 95.2 Å². The Morgan fingerprint density at radius 2 is 2.27 bits per heavy atom. The van der Waals surface area contributed by atoms with E-state index in [4.69, 9.17) is 16.3 Å². The molecule has 1 aromatic rings. The molecule has 0 aliphatic rings. The van der Waals surface area contributed by atoms with Crippen LogP contribution >= 0.6 is 11.6 Å². The summed E-state index contributed by atoms with van der Waals surface area (Å²) in [4.78, 5) is 10.1. The van der Waals surface area contributed by atoms with Gasteiger partial charge in [0.25, 0.3) is 0 Å². The number of rotatable bonds is 5. The molecule has 15 heavy (non-hydrogen) atoms. The van der Waals surface area contributed by atoms with Crippen molar-refractivity contribution < 1.29 is 4.74 Å². The van der Waals surface area contributed by atoms with Crippen LogP contribution in [0.15, 0.2) is 12.4 Å². The number of nitrogens with zero attached hydrogens (tertiary/aromatic N) is 3. The number of ether oxygens (including phenoxy) is 1. The van der Waals surface area contributed by atoms with Gasteiger partial charge in [-0.2, -0.15) is 0 Å². The third kappa shape index (κ3) is 3.91. The minimum Gasteiger partial charge on any atom is -0.478 e. The Kier molecular flexibility index (Phi) is 4.62. The highest BCUT2D eigenvalue weighted by atomic mass is 35.5. The molecule has 0 radical (unpaired) electrons. The SMILES string of the molecule is CCOc1cc(N(C)CC(C)Cl)ncn1. The lowest BCUT2D eigenvalue weighted by molar-refractivity contribution is 0.326. The second-order valence-electron chi connectivity index (χ2n) is 3.31. The molecule has 84 valence electrons. The van der Waals surface area contributed by atoms with Gasteiger partial charge >= 0.3 is 0 Å². The highest BCUT2D eigenvalue weighted by Crippen LogP contribution is 2.15. The number of aromatic nitrogens is 2. The van der Waals surface area contributed by atoms with Crippen molar-refractivity contribution in [2.45, 2.75) is 19.2 Å². The summed E-state index contributed by atoms with van der Waals surface area (Å²) in [5, 5.41) is 0.0838. The summed E-state index contributed by atoms with van der Waals surface area (Å²) in [5.74, 6) is 1.41. The highest BCUT2D eigenvalue weighted by molar-refractivity contribution is 6.20. The summed E-state index contributed by atoms with van der Waals surface area (Å²) in [5.41, 5.74) is 0. The standard InChI is InChI=1S/C10H16ClN3O/c1-4-15-10-5-9(12-7-13-10)14(3)6-8(2)11/h5,7-8H,4,6H2,1-3H3. The number of alkyl halides is 1. The normalized spacial score (nSPS) is 12.3. The monoisotopic (exact) mass is 229 g/mol. The van der Waals surface area contributed by atoms with Gasteiger partial charge in [-0.25, -0.2) is 9.97 Å². The van der Waals surface area contributed by atoms with Gasteiger partial charge in [-0.05, 0) is 13.8 Å². The molecular weight excluding hydrogens is 214 g/mol. The van der Waals surface area contributed by atoms with Crippen molar-refractivity contribution in [3.05, 3.63) is 12.4 Å². The third-order valence-corrected chi connectivity index (χ3v) is 1.97. The molecule has 4 nitrogen and oxygen atoms in total. The maximum atomic E-state index is 5.91. The molecule has 1 heterocycles. The van der Waals surface area contributed by atoms with Crippen molar-refractivity contribution in [3.63, 3.8) is 0 Å². The van der Waals surface area contributed by atoms with Crippen LogP contribution in [0.4, 0.5) is 5.82 Å². The molecule has 1 atom stereocenters. The molecule has 0 aromatic carbocycles. The molecular formula is C10H16ClN3O. The maximum absolute atomic E-state index is 5.91. The Bertz CT molecular complexity index is 306. The first-order valence-corrected chi connectivity index (χ1v) is 5.37. The lowest BCUT2D eigenvalue weighted by Crippen LogP contribution is -2.25. The summed E-state index contributed by atoms with van der Waals surface area (Å²) >= 11 is 5.91. The van der Waals surface area contributed by atoms with Gasteiger partial charge in [-0.15, -0.1) is 11.6 Å². The van der Waals surface area contributed by atoms with E-state index in [1.807, 2.05) is 31.9 Å². The van der Waals surface area contributed by atoms with Crippen LogP contribution in [-0.4, -0.2) is 35.5 Å². The van der Waals surface area contributed by atoms with Gasteiger partial charge in [0.05, 0.1) is 6.61 Å². The lowest BCUT2D eigenvalue weighted by atomic mass is 10.4. The number of hydrogen-bond acceptors (Lipinski definition) is 4. The van der Waals surface area contributed by atoms with Gasteiger partial charge in [0, 0.05) is 25.0 Å². The van der Waals surface area contributed by atoms with Crippen LogP contribution in [0.1, 0.15) is 13.8 Å². The zero-order chi connectivity index (χ0) is 11.3. The van der Waals surface area contributed by atoms with Crippen LogP contribution in [-0.2, 0) is 0 Å². The van der Waals surface area contributed by atoms with Crippen molar-refractivity contribution >= 4 is 17.4 Å². The number of anilines is 1. The van der Waals surface area contributed by atoms with Crippen LogP contribution in [0, 0.1) is 0 Å². The van der Waals surface area contributed by atoms with E-state index < -0.39 is 0 Å². The van der Waals surface area contributed by atoms with Crippen LogP contribution in [0.5, 0.6) is 5.88 Å². The number of hydrogen-bond donors (Lipinski definition) is 0. The second kappa shape index (κ2) is 5.75. The maximum Gasteiger partial charge on any atom is 0.218 e. The first kappa shape index (κ1) is 12.0. The van der Waals surface area contributed by atoms with Gasteiger partial charge in [0.2, 0.25) is 5.88 Å². The molecule has 0 saturated heterocycles. The van der Waals surface area contributed by atoms with Crippen molar-refractivity contribution in [2.24, 2.45) is 0 Å². The van der Waals surface area contributed by atoms with Crippen LogP contribution in [0.25, 0.3) is 0 Å². The van der Waals surface area contributed by atoms with Crippen molar-refractivity contribution in [3.8, 4) is 5.88 Å². The molecule has 0 amide bonds. The highest BCUT2D eigenvalue weighted by Gasteiger charge is 2.07. The quantitative estimate of drug-likeness (QED) is 0.724. The van der Waals surface area contributed by atoms with Crippen molar-refractivity contribution in [2.75, 3.05) is 25.1 Å². The molecule has 5 heteroatoms. The Balaban J connectivity index is 2.71.